The van der Waals surface area contributed by atoms with Gasteiger partial charge in [-0.1, -0.05) is 58.5 Å². The Bertz CT molecular complexity index is 1550. The van der Waals surface area contributed by atoms with Gasteiger partial charge in [0.15, 0.2) is 0 Å². The van der Waals surface area contributed by atoms with Gasteiger partial charge in [0, 0.05) is 31.2 Å². The van der Waals surface area contributed by atoms with E-state index in [1.807, 2.05) is 6.07 Å². The molecule has 158 valence electrons. The molecule has 0 aliphatic carbocycles. The Labute approximate surface area is 206 Å². The third-order valence-electron chi connectivity index (χ3n) is 4.95. The van der Waals surface area contributed by atoms with E-state index in [1.165, 1.54) is 6.08 Å². The van der Waals surface area contributed by atoms with Gasteiger partial charge in [0.1, 0.15) is 10.5 Å². The smallest absolute Gasteiger partial charge is 0.274 e. The zero-order valence-electron chi connectivity index (χ0n) is 15.9. The normalized spacial score (nSPS) is 16.0. The van der Waals surface area contributed by atoms with Crippen LogP contribution in [0.15, 0.2) is 46.8 Å². The van der Waals surface area contributed by atoms with Gasteiger partial charge in [-0.3, -0.25) is 9.36 Å². The van der Waals surface area contributed by atoms with Gasteiger partial charge < -0.3 is 5.73 Å². The number of allylic oxidation sites excluding steroid dienone is 1. The molecule has 2 N–H and O–H groups in total. The molecule has 1 aliphatic rings. The Balaban J connectivity index is 2.13. The number of nitriles is 2. The number of fused-ring (bicyclic) bond motifs is 1. The lowest BCUT2D eigenvalue weighted by atomic mass is 9.84. The molecule has 0 saturated heterocycles. The monoisotopic (exact) mass is 518 g/mol. The van der Waals surface area contributed by atoms with Crippen LogP contribution in [0.25, 0.3) is 17.5 Å². The van der Waals surface area contributed by atoms with Gasteiger partial charge in [0.25, 0.3) is 5.56 Å². The molecule has 32 heavy (non-hydrogen) atoms. The SMILES string of the molecule is N#CC1=C(N)n2c(sc(=Cc3c(Cl)cccc3Cl)c2=O)=C(C#N)C1c1c(Cl)cccc1Cl. The van der Waals surface area contributed by atoms with Crippen LogP contribution < -0.4 is 20.5 Å². The number of hydrogen-bond acceptors (Lipinski definition) is 5. The fourth-order valence-electron chi connectivity index (χ4n) is 3.51. The fraction of sp³-hybridized carbons (Fsp3) is 0.0455. The summed E-state index contributed by atoms with van der Waals surface area (Å²) in [6.07, 6.45) is 1.54. The Kier molecular flexibility index (Phi) is 6.09. The van der Waals surface area contributed by atoms with Crippen molar-refractivity contribution in [3.8, 4) is 12.1 Å². The second-order valence-electron chi connectivity index (χ2n) is 6.70. The number of thiazole rings is 1. The lowest BCUT2D eigenvalue weighted by Crippen LogP contribution is -2.38. The van der Waals surface area contributed by atoms with Gasteiger partial charge in [-0.15, -0.1) is 11.3 Å². The zero-order valence-corrected chi connectivity index (χ0v) is 19.7. The molecule has 10 heteroatoms. The number of hydrogen-bond donors (Lipinski definition) is 1. The molecule has 0 amide bonds. The molecule has 1 aliphatic heterocycles. The first-order valence-corrected chi connectivity index (χ1v) is 11.3. The molecule has 2 aromatic carbocycles. The van der Waals surface area contributed by atoms with E-state index in [9.17, 15) is 15.3 Å². The zero-order chi connectivity index (χ0) is 23.2. The Morgan fingerprint density at radius 3 is 2.00 bits per heavy atom. The van der Waals surface area contributed by atoms with Crippen molar-refractivity contribution in [3.05, 3.63) is 92.7 Å². The van der Waals surface area contributed by atoms with Gasteiger partial charge in [0.2, 0.25) is 0 Å². The van der Waals surface area contributed by atoms with Crippen molar-refractivity contribution in [2.75, 3.05) is 0 Å². The summed E-state index contributed by atoms with van der Waals surface area (Å²) in [5.41, 5.74) is 6.74. The van der Waals surface area contributed by atoms with Crippen LogP contribution in [-0.4, -0.2) is 4.57 Å². The van der Waals surface area contributed by atoms with Crippen molar-refractivity contribution in [1.82, 2.24) is 4.57 Å². The number of rotatable bonds is 2. The van der Waals surface area contributed by atoms with Crippen molar-refractivity contribution in [1.29, 1.82) is 10.5 Å². The molecule has 1 atom stereocenters. The molecular formula is C22H10Cl4N4OS. The fourth-order valence-corrected chi connectivity index (χ4v) is 5.74. The Morgan fingerprint density at radius 1 is 0.938 bits per heavy atom. The van der Waals surface area contributed by atoms with Gasteiger partial charge in [-0.2, -0.15) is 10.5 Å². The van der Waals surface area contributed by atoms with E-state index in [0.29, 0.717) is 21.2 Å². The molecule has 5 nitrogen and oxygen atoms in total. The van der Waals surface area contributed by atoms with Crippen LogP contribution in [0, 0.1) is 22.7 Å². The molecule has 0 saturated carbocycles. The molecule has 0 fully saturated rings. The average molecular weight is 520 g/mol. The second-order valence-corrected chi connectivity index (χ2v) is 9.36. The molecule has 1 unspecified atom stereocenters. The van der Waals surface area contributed by atoms with Crippen LogP contribution in [0.1, 0.15) is 17.0 Å². The number of nitrogens with two attached hydrogens (primary N) is 1. The van der Waals surface area contributed by atoms with Gasteiger partial charge >= 0.3 is 0 Å². The minimum Gasteiger partial charge on any atom is -0.384 e. The van der Waals surface area contributed by atoms with Crippen LogP contribution in [0.4, 0.5) is 0 Å². The molecule has 0 radical (unpaired) electrons. The largest absolute Gasteiger partial charge is 0.384 e. The molecule has 0 bridgehead atoms. The highest BCUT2D eigenvalue weighted by atomic mass is 35.5. The maximum absolute atomic E-state index is 13.2. The van der Waals surface area contributed by atoms with Crippen molar-refractivity contribution in [2.24, 2.45) is 5.73 Å². The van der Waals surface area contributed by atoms with E-state index in [4.69, 9.17) is 52.1 Å². The number of benzene rings is 2. The first-order chi connectivity index (χ1) is 15.3. The summed E-state index contributed by atoms with van der Waals surface area (Å²) in [5.74, 6) is -1.00. The summed E-state index contributed by atoms with van der Waals surface area (Å²) in [6.45, 7) is 0. The van der Waals surface area contributed by atoms with Gasteiger partial charge in [-0.05, 0) is 30.3 Å². The number of halogens is 4. The van der Waals surface area contributed by atoms with E-state index >= 15 is 0 Å². The van der Waals surface area contributed by atoms with Gasteiger partial charge in [-0.25, -0.2) is 0 Å². The number of nitrogens with zero attached hydrogens (tertiary/aromatic N) is 3. The topological polar surface area (TPSA) is 95.6 Å². The lowest BCUT2D eigenvalue weighted by Gasteiger charge is -2.23. The molecule has 4 rings (SSSR count). The number of aromatic nitrogens is 1. The van der Waals surface area contributed by atoms with Crippen LogP contribution in [-0.2, 0) is 0 Å². The average Bonchev–Trinajstić information content (AvgIpc) is 3.07. The highest BCUT2D eigenvalue weighted by Gasteiger charge is 2.34. The molecule has 0 spiro atoms. The molecule has 2 heterocycles. The summed E-state index contributed by atoms with van der Waals surface area (Å²) < 4.78 is 1.68. The maximum Gasteiger partial charge on any atom is 0.274 e. The van der Waals surface area contributed by atoms with Gasteiger partial charge in [0.05, 0.1) is 33.7 Å². The van der Waals surface area contributed by atoms with Crippen LogP contribution in [0.5, 0.6) is 0 Å². The molecular weight excluding hydrogens is 510 g/mol. The van der Waals surface area contributed by atoms with Crippen molar-refractivity contribution < 1.29 is 0 Å². The summed E-state index contributed by atoms with van der Waals surface area (Å²) in [6, 6.07) is 14.0. The standard InChI is InChI=1S/C22H10Cl4N4OS/c23-13-3-1-4-14(24)10(13)7-17-21(31)30-20(29)11(8-27)18(12(9-28)22(30)32-17)19-15(25)5-2-6-16(19)26/h1-7,18H,29H2. The minimum atomic E-state index is -0.916. The minimum absolute atomic E-state index is 0.00581. The van der Waals surface area contributed by atoms with Crippen LogP contribution >= 0.6 is 57.7 Å². The summed E-state index contributed by atoms with van der Waals surface area (Å²) in [4.78, 5) is 13.2. The Hall–Kier alpha value is -2.71. The maximum atomic E-state index is 13.2. The lowest BCUT2D eigenvalue weighted by molar-refractivity contribution is 0.906. The second kappa shape index (κ2) is 8.67. The third-order valence-corrected chi connectivity index (χ3v) is 7.38. The predicted molar refractivity (Wildman–Crippen MR) is 129 cm³/mol. The van der Waals surface area contributed by atoms with E-state index in [1.54, 1.807) is 36.4 Å². The van der Waals surface area contributed by atoms with Crippen molar-refractivity contribution in [2.45, 2.75) is 5.92 Å². The van der Waals surface area contributed by atoms with E-state index < -0.39 is 11.5 Å². The highest BCUT2D eigenvalue weighted by Crippen LogP contribution is 2.42. The Morgan fingerprint density at radius 2 is 1.47 bits per heavy atom. The van der Waals surface area contributed by atoms with Crippen LogP contribution in [0.2, 0.25) is 20.1 Å². The van der Waals surface area contributed by atoms with E-state index in [-0.39, 0.29) is 36.2 Å². The van der Waals surface area contributed by atoms with Crippen molar-refractivity contribution in [3.63, 3.8) is 0 Å². The first kappa shape index (κ1) is 22.5. The van der Waals surface area contributed by atoms with E-state index in [0.717, 1.165) is 15.9 Å². The third kappa shape index (κ3) is 3.51. The van der Waals surface area contributed by atoms with Crippen LogP contribution in [0.3, 0.4) is 0 Å². The summed E-state index contributed by atoms with van der Waals surface area (Å²) >= 11 is 26.3. The molecule has 1 aromatic heterocycles. The van der Waals surface area contributed by atoms with E-state index in [2.05, 4.69) is 6.07 Å². The quantitative estimate of drug-likeness (QED) is 0.540. The first-order valence-electron chi connectivity index (χ1n) is 8.96. The summed E-state index contributed by atoms with van der Waals surface area (Å²) in [7, 11) is 0. The highest BCUT2D eigenvalue weighted by molar-refractivity contribution is 7.07. The molecule has 3 aromatic rings. The predicted octanol–water partition coefficient (Wildman–Crippen LogP) is 4.47. The van der Waals surface area contributed by atoms with Crippen molar-refractivity contribution >= 4 is 75.2 Å². The summed E-state index contributed by atoms with van der Waals surface area (Å²) in [5, 5.41) is 21.2.